The molecule has 0 fully saturated rings. The second-order valence-electron chi connectivity index (χ2n) is 18.8. The summed E-state index contributed by atoms with van der Waals surface area (Å²) in [6.07, 6.45) is 6.81. The minimum atomic E-state index is -5.29. The largest absolute Gasteiger partial charge is 0.744 e. The lowest BCUT2D eigenvalue weighted by atomic mass is 9.74. The van der Waals surface area contributed by atoms with Crippen LogP contribution in [-0.4, -0.2) is 167 Å². The van der Waals surface area contributed by atoms with E-state index in [1.165, 1.54) is 19.2 Å². The minimum absolute atomic E-state index is 0.0349. The van der Waals surface area contributed by atoms with Gasteiger partial charge in [-0.25, -0.2) is 8.42 Å². The quantitative estimate of drug-likeness (QED) is 0.0279. The second-order valence-corrected chi connectivity index (χ2v) is 24.4. The highest BCUT2D eigenvalue weighted by molar-refractivity contribution is 7.87. The molecule has 22 nitrogen and oxygen atoms in total. The van der Waals surface area contributed by atoms with Crippen LogP contribution in [0.5, 0.6) is 0 Å². The summed E-state index contributed by atoms with van der Waals surface area (Å²) in [6.45, 7) is 8.55. The van der Waals surface area contributed by atoms with Gasteiger partial charge in [0, 0.05) is 73.7 Å². The number of fused-ring (bicyclic) bond motifs is 6. The highest BCUT2D eigenvalue weighted by atomic mass is 32.2. The highest BCUT2D eigenvalue weighted by Gasteiger charge is 2.49. The summed E-state index contributed by atoms with van der Waals surface area (Å²) in [6, 6.07) is 9.64. The molecule has 76 heavy (non-hydrogen) atoms. The number of hydrogen-bond donors (Lipinski definition) is 4. The number of carboxylic acids is 1. The highest BCUT2D eigenvalue weighted by Crippen LogP contribution is 2.52. The van der Waals surface area contributed by atoms with Gasteiger partial charge in [-0.05, 0) is 90.4 Å². The average Bonchev–Trinajstić information content (AvgIpc) is 3.72. The summed E-state index contributed by atoms with van der Waals surface area (Å²) in [7, 11) is -17.4. The van der Waals surface area contributed by atoms with Gasteiger partial charge >= 0.3 is 5.97 Å². The average molecular weight is 1140 g/mol. The van der Waals surface area contributed by atoms with E-state index in [9.17, 15) is 61.8 Å². The van der Waals surface area contributed by atoms with Gasteiger partial charge in [0.2, 0.25) is 5.69 Å². The molecule has 418 valence electrons. The Labute approximate surface area is 442 Å². The third kappa shape index (κ3) is 13.9. The molecule has 0 saturated carbocycles. The predicted octanol–water partition coefficient (Wildman–Crippen LogP) is 5.63. The Hall–Kier alpha value is -4.78. The van der Waals surface area contributed by atoms with Crippen LogP contribution >= 0.6 is 0 Å². The molecule has 1 unspecified atom stereocenters. The van der Waals surface area contributed by atoms with Crippen LogP contribution < -0.4 is 4.90 Å². The number of benzene rings is 4. The number of anilines is 1. The van der Waals surface area contributed by atoms with Crippen molar-refractivity contribution in [2.24, 2.45) is 0 Å². The molecule has 0 amide bonds. The number of hydrogen-bond acceptors (Lipinski definition) is 17. The number of methoxy groups -OCH3 is 2. The van der Waals surface area contributed by atoms with Gasteiger partial charge in [0.1, 0.15) is 21.6 Å². The van der Waals surface area contributed by atoms with E-state index in [0.717, 1.165) is 12.1 Å². The lowest BCUT2D eigenvalue weighted by molar-refractivity contribution is -0.442. The molecule has 6 rings (SSSR count). The van der Waals surface area contributed by atoms with Crippen molar-refractivity contribution < 1.29 is 94.8 Å². The smallest absolute Gasteiger partial charge is 0.303 e. The van der Waals surface area contributed by atoms with Crippen LogP contribution in [-0.2, 0) is 84.5 Å². The van der Waals surface area contributed by atoms with Gasteiger partial charge in [-0.1, -0.05) is 32.4 Å². The summed E-state index contributed by atoms with van der Waals surface area (Å²) in [4.78, 5) is 10.1. The molecular formula is C50H64N2O20S4. The predicted molar refractivity (Wildman–Crippen MR) is 278 cm³/mol. The molecule has 4 aromatic rings. The van der Waals surface area contributed by atoms with Gasteiger partial charge < -0.3 is 43.0 Å². The van der Waals surface area contributed by atoms with E-state index < -0.39 is 76.9 Å². The van der Waals surface area contributed by atoms with E-state index in [0.29, 0.717) is 98.3 Å². The first-order valence-corrected chi connectivity index (χ1v) is 29.8. The maximum absolute atomic E-state index is 12.9. The Morgan fingerprint density at radius 3 is 1.72 bits per heavy atom. The van der Waals surface area contributed by atoms with E-state index in [4.69, 9.17) is 28.4 Å². The fourth-order valence-electron chi connectivity index (χ4n) is 9.90. The first-order chi connectivity index (χ1) is 35.7. The minimum Gasteiger partial charge on any atom is -0.744 e. The Morgan fingerprint density at radius 2 is 1.17 bits per heavy atom. The fraction of sp³-hybridized carbons (Fsp3) is 0.480. The zero-order chi connectivity index (χ0) is 55.9. The van der Waals surface area contributed by atoms with E-state index in [1.807, 2.05) is 30.2 Å². The summed E-state index contributed by atoms with van der Waals surface area (Å²) in [5.41, 5.74) is 0.808. The van der Waals surface area contributed by atoms with E-state index >= 15 is 0 Å². The van der Waals surface area contributed by atoms with Crippen molar-refractivity contribution in [3.05, 3.63) is 83.6 Å². The number of ether oxygens (including phenoxy) is 6. The van der Waals surface area contributed by atoms with Crippen molar-refractivity contribution in [1.29, 1.82) is 0 Å². The molecule has 4 N–H and O–H groups in total. The van der Waals surface area contributed by atoms with Crippen molar-refractivity contribution in [2.45, 2.75) is 83.3 Å². The Bertz CT molecular complexity index is 3370. The monoisotopic (exact) mass is 1140 g/mol. The number of rotatable bonds is 30. The summed E-state index contributed by atoms with van der Waals surface area (Å²) < 4.78 is 181. The summed E-state index contributed by atoms with van der Waals surface area (Å²) in [5, 5.41) is 9.37. The van der Waals surface area contributed by atoms with Crippen molar-refractivity contribution in [3.63, 3.8) is 0 Å². The van der Waals surface area contributed by atoms with Crippen LogP contribution in [0.4, 0.5) is 11.4 Å². The lowest BCUT2D eigenvalue weighted by Crippen LogP contribution is -2.34. The number of aliphatic carboxylic acids is 1. The third-order valence-corrected chi connectivity index (χ3v) is 16.8. The third-order valence-electron chi connectivity index (χ3n) is 13.4. The van der Waals surface area contributed by atoms with Crippen molar-refractivity contribution in [3.8, 4) is 0 Å². The summed E-state index contributed by atoms with van der Waals surface area (Å²) >= 11 is 0. The standard InChI is InChI=1S/C50H64N2O20S4/c1-49(2)44(51(18-8-6-7-12-46(53)54)40-15-13-36-38(47(40)49)30-34(73(55,56)57)32-42(36)75(61,62)63)10-9-11-45-50(3,17-20-69-26-27-72-29-28-71-25-23-68-5)48-39-31-35(74(58,59)60)33-43(76(64,65)66)37(39)14-16-41(48)52(45)19-21-70-24-22-67-4/h9-11,13-16,30-33H,6-8,12,17-29H2,1-5H3,(H4-,53,54,55,56,57,58,59,60,61,62,63,64,65,66). The Balaban J connectivity index is 1.53. The maximum atomic E-state index is 12.9. The zero-order valence-corrected chi connectivity index (χ0v) is 46.0. The fourth-order valence-corrected chi connectivity index (χ4v) is 12.6. The molecule has 1 atom stereocenters. The van der Waals surface area contributed by atoms with Crippen LogP contribution in [0.3, 0.4) is 0 Å². The van der Waals surface area contributed by atoms with Gasteiger partial charge in [0.25, 0.3) is 30.4 Å². The molecule has 4 aromatic carbocycles. The number of carbonyl (C=O) groups is 1. The molecule has 2 aliphatic rings. The van der Waals surface area contributed by atoms with Crippen LogP contribution in [0.2, 0.25) is 0 Å². The number of allylic oxidation sites excluding steroid dienone is 4. The van der Waals surface area contributed by atoms with Crippen molar-refractivity contribution >= 4 is 85.1 Å². The Morgan fingerprint density at radius 1 is 0.645 bits per heavy atom. The van der Waals surface area contributed by atoms with E-state index in [2.05, 4.69) is 0 Å². The second kappa shape index (κ2) is 24.9. The zero-order valence-electron chi connectivity index (χ0n) is 42.7. The number of unbranched alkanes of at least 4 members (excludes halogenated alkanes) is 2. The van der Waals surface area contributed by atoms with Crippen molar-refractivity contribution in [1.82, 2.24) is 0 Å². The normalized spacial score (nSPS) is 17.5. The first-order valence-electron chi connectivity index (χ1n) is 24.1. The van der Waals surface area contributed by atoms with Gasteiger partial charge in [-0.15, -0.1) is 0 Å². The lowest BCUT2D eigenvalue weighted by Gasteiger charge is -2.27. The van der Waals surface area contributed by atoms with Gasteiger partial charge in [-0.3, -0.25) is 18.5 Å². The number of nitrogens with zero attached hydrogens (tertiary/aromatic N) is 2. The molecule has 2 heterocycles. The molecule has 0 spiro atoms. The van der Waals surface area contributed by atoms with Crippen LogP contribution in [0.25, 0.3) is 21.5 Å². The van der Waals surface area contributed by atoms with Gasteiger partial charge in [0.05, 0.1) is 73.0 Å². The molecule has 0 bridgehead atoms. The molecule has 0 radical (unpaired) electrons. The molecule has 0 saturated heterocycles. The van der Waals surface area contributed by atoms with Crippen molar-refractivity contribution in [2.75, 3.05) is 98.3 Å². The molecule has 0 aliphatic carbocycles. The Kier molecular flexibility index (Phi) is 19.8. The summed E-state index contributed by atoms with van der Waals surface area (Å²) in [5.74, 6) is -0.959. The molecular weight excluding hydrogens is 1080 g/mol. The SMILES string of the molecule is COCCOCCOCCOCCC1(C)C(/C=C/C=C2/N(CCCCCC(=O)O)c3ccc4c(S(=O)(=O)[O-])cc(S(=O)(=O)O)cc4c3C2(C)C)=[N+](CCOCCOC)c2ccc3c(S(=O)(=O)O)cc(S(=O)(=O)O)cc3c21. The molecule has 0 aromatic heterocycles. The van der Waals surface area contributed by atoms with Crippen LogP contribution in [0.15, 0.2) is 92.0 Å². The van der Waals surface area contributed by atoms with Gasteiger partial charge in [-0.2, -0.15) is 29.8 Å². The molecule has 26 heteroatoms. The van der Waals surface area contributed by atoms with Gasteiger partial charge in [0.15, 0.2) is 12.3 Å². The van der Waals surface area contributed by atoms with E-state index in [1.54, 1.807) is 37.5 Å². The molecule has 2 aliphatic heterocycles. The topological polar surface area (TPSA) is 319 Å². The van der Waals surface area contributed by atoms with Crippen LogP contribution in [0.1, 0.15) is 64.0 Å². The van der Waals surface area contributed by atoms with E-state index in [-0.39, 0.29) is 80.6 Å². The van der Waals surface area contributed by atoms with Crippen LogP contribution in [0, 0.1) is 0 Å². The maximum Gasteiger partial charge on any atom is 0.303 e. The first kappa shape index (κ1) is 60.4. The number of carboxylic acid groups (broad SMARTS) is 1.